The van der Waals surface area contributed by atoms with Gasteiger partial charge >= 0.3 is 0 Å². The molecule has 0 amide bonds. The normalized spacial score (nSPS) is 13.7. The van der Waals surface area contributed by atoms with Crippen molar-refractivity contribution in [2.75, 3.05) is 5.32 Å². The Hall–Kier alpha value is -2.68. The van der Waals surface area contributed by atoms with Gasteiger partial charge in [0.1, 0.15) is 0 Å². The molecular weight excluding hydrogens is 262 g/mol. The van der Waals surface area contributed by atoms with Gasteiger partial charge in [-0.25, -0.2) is 0 Å². The monoisotopic (exact) mass is 277 g/mol. The molecule has 2 aromatic rings. The Labute approximate surface area is 123 Å². The van der Waals surface area contributed by atoms with Gasteiger partial charge < -0.3 is 5.32 Å². The van der Waals surface area contributed by atoms with Gasteiger partial charge in [-0.05, 0) is 49.2 Å². The average Bonchev–Trinajstić information content (AvgIpc) is 2.48. The first-order valence-corrected chi connectivity index (χ1v) is 6.80. The second kappa shape index (κ2) is 5.02. The van der Waals surface area contributed by atoms with Crippen molar-refractivity contribution in [1.29, 1.82) is 0 Å². The lowest BCUT2D eigenvalue weighted by molar-refractivity contribution is 0.0985. The van der Waals surface area contributed by atoms with Gasteiger partial charge in [0.2, 0.25) is 5.78 Å². The van der Waals surface area contributed by atoms with E-state index in [-0.39, 0.29) is 11.6 Å². The van der Waals surface area contributed by atoms with Crippen LogP contribution in [0.5, 0.6) is 0 Å². The average molecular weight is 277 g/mol. The first kappa shape index (κ1) is 13.3. The number of carbonyl (C=O) groups is 2. The van der Waals surface area contributed by atoms with Crippen LogP contribution in [0.15, 0.2) is 54.2 Å². The van der Waals surface area contributed by atoms with Crippen LogP contribution in [-0.2, 0) is 0 Å². The maximum absolute atomic E-state index is 12.5. The van der Waals surface area contributed by atoms with Crippen LogP contribution in [0.3, 0.4) is 0 Å². The smallest absolute Gasteiger partial charge is 0.210 e. The number of nitrogens with one attached hydrogen (secondary N) is 1. The fourth-order valence-electron chi connectivity index (χ4n) is 2.40. The summed E-state index contributed by atoms with van der Waals surface area (Å²) in [5, 5.41) is 3.03. The molecule has 0 unspecified atom stereocenters. The quantitative estimate of drug-likeness (QED) is 0.910. The molecule has 0 bridgehead atoms. The Bertz CT molecular complexity index is 773. The van der Waals surface area contributed by atoms with E-state index in [0.717, 1.165) is 16.8 Å². The number of Topliss-reactive ketones (excluding diaryl/α,β-unsaturated/α-hetero) is 1. The predicted octanol–water partition coefficient (Wildman–Crippen LogP) is 3.68. The Morgan fingerprint density at radius 1 is 0.857 bits per heavy atom. The van der Waals surface area contributed by atoms with E-state index in [1.54, 1.807) is 12.1 Å². The Kier molecular flexibility index (Phi) is 3.18. The van der Waals surface area contributed by atoms with Gasteiger partial charge in [0.15, 0.2) is 5.78 Å². The summed E-state index contributed by atoms with van der Waals surface area (Å²) in [4.78, 5) is 24.8. The van der Waals surface area contributed by atoms with Gasteiger partial charge in [0, 0.05) is 22.9 Å². The topological polar surface area (TPSA) is 46.2 Å². The van der Waals surface area contributed by atoms with Crippen molar-refractivity contribution < 1.29 is 9.59 Å². The fourth-order valence-corrected chi connectivity index (χ4v) is 2.40. The zero-order valence-electron chi connectivity index (χ0n) is 11.9. The minimum atomic E-state index is -0.142. The number of fused-ring (bicyclic) bond motifs is 1. The molecule has 1 N–H and O–H groups in total. The molecule has 3 rings (SSSR count). The third kappa shape index (κ3) is 2.38. The maximum Gasteiger partial charge on any atom is 0.210 e. The number of allylic oxidation sites excluding steroid dienone is 2. The molecule has 104 valence electrons. The standard InChI is InChI=1S/C18H15NO2/c1-11-8-14-15(9-12(11)2)18(21)16(10-17(14)20)19-13-6-4-3-5-7-13/h3-10,19H,1-2H3. The zero-order chi connectivity index (χ0) is 15.0. The molecule has 0 fully saturated rings. The second-order valence-corrected chi connectivity index (χ2v) is 5.22. The van der Waals surface area contributed by atoms with Crippen LogP contribution in [0, 0.1) is 13.8 Å². The second-order valence-electron chi connectivity index (χ2n) is 5.22. The highest BCUT2D eigenvalue weighted by Crippen LogP contribution is 2.25. The highest BCUT2D eigenvalue weighted by Gasteiger charge is 2.26. The number of ketones is 2. The lowest BCUT2D eigenvalue weighted by Crippen LogP contribution is -2.22. The Balaban J connectivity index is 2.01. The maximum atomic E-state index is 12.5. The molecule has 2 aromatic carbocycles. The Morgan fingerprint density at radius 2 is 1.48 bits per heavy atom. The first-order chi connectivity index (χ1) is 10.1. The van der Waals surface area contributed by atoms with E-state index in [0.29, 0.717) is 16.8 Å². The molecule has 3 heteroatoms. The molecular formula is C18H15NO2. The number of aryl methyl sites for hydroxylation is 2. The van der Waals surface area contributed by atoms with Crippen molar-refractivity contribution in [3.8, 4) is 0 Å². The van der Waals surface area contributed by atoms with Gasteiger partial charge in [-0.3, -0.25) is 9.59 Å². The van der Waals surface area contributed by atoms with E-state index in [1.165, 1.54) is 6.08 Å². The molecule has 0 radical (unpaired) electrons. The zero-order valence-corrected chi connectivity index (χ0v) is 11.9. The summed E-state index contributed by atoms with van der Waals surface area (Å²) in [7, 11) is 0. The van der Waals surface area contributed by atoms with E-state index in [1.807, 2.05) is 44.2 Å². The van der Waals surface area contributed by atoms with Crippen molar-refractivity contribution in [2.24, 2.45) is 0 Å². The van der Waals surface area contributed by atoms with Gasteiger partial charge in [0.25, 0.3) is 0 Å². The molecule has 0 saturated carbocycles. The van der Waals surface area contributed by atoms with Crippen molar-refractivity contribution in [1.82, 2.24) is 0 Å². The number of hydrogen-bond donors (Lipinski definition) is 1. The van der Waals surface area contributed by atoms with Crippen LogP contribution in [0.1, 0.15) is 31.8 Å². The van der Waals surface area contributed by atoms with Gasteiger partial charge in [0.05, 0.1) is 5.70 Å². The number of rotatable bonds is 2. The predicted molar refractivity (Wildman–Crippen MR) is 82.7 cm³/mol. The highest BCUT2D eigenvalue weighted by molar-refractivity contribution is 6.25. The summed E-state index contributed by atoms with van der Waals surface area (Å²) >= 11 is 0. The van der Waals surface area contributed by atoms with Crippen LogP contribution in [-0.4, -0.2) is 11.6 Å². The fraction of sp³-hybridized carbons (Fsp3) is 0.111. The SMILES string of the molecule is Cc1cc2c(cc1C)C(=O)C(Nc1ccccc1)=CC2=O. The van der Waals surface area contributed by atoms with Crippen molar-refractivity contribution >= 4 is 17.3 Å². The number of anilines is 1. The molecule has 1 aliphatic carbocycles. The molecule has 0 aliphatic heterocycles. The van der Waals surface area contributed by atoms with Crippen molar-refractivity contribution in [3.05, 3.63) is 76.5 Å². The van der Waals surface area contributed by atoms with Crippen LogP contribution in [0.4, 0.5) is 5.69 Å². The highest BCUT2D eigenvalue weighted by atomic mass is 16.1. The molecule has 0 spiro atoms. The molecule has 0 saturated heterocycles. The molecule has 0 heterocycles. The van der Waals surface area contributed by atoms with E-state index >= 15 is 0 Å². The number of carbonyl (C=O) groups excluding carboxylic acids is 2. The van der Waals surface area contributed by atoms with Gasteiger partial charge in [-0.1, -0.05) is 18.2 Å². The van der Waals surface area contributed by atoms with Crippen molar-refractivity contribution in [3.63, 3.8) is 0 Å². The van der Waals surface area contributed by atoms with Crippen LogP contribution in [0.25, 0.3) is 0 Å². The minimum absolute atomic E-state index is 0.133. The molecule has 1 aliphatic rings. The Morgan fingerprint density at radius 3 is 2.14 bits per heavy atom. The summed E-state index contributed by atoms with van der Waals surface area (Å²) in [6.45, 7) is 3.88. The summed E-state index contributed by atoms with van der Waals surface area (Å²) < 4.78 is 0. The lowest BCUT2D eigenvalue weighted by atomic mass is 9.89. The van der Waals surface area contributed by atoms with E-state index in [4.69, 9.17) is 0 Å². The molecule has 3 nitrogen and oxygen atoms in total. The third-order valence-electron chi connectivity index (χ3n) is 3.72. The summed E-state index contributed by atoms with van der Waals surface area (Å²) in [5.41, 5.74) is 4.10. The van der Waals surface area contributed by atoms with Crippen LogP contribution < -0.4 is 5.32 Å². The summed E-state index contributed by atoms with van der Waals surface area (Å²) in [6.07, 6.45) is 1.38. The first-order valence-electron chi connectivity index (χ1n) is 6.80. The minimum Gasteiger partial charge on any atom is -0.352 e. The molecule has 0 aromatic heterocycles. The van der Waals surface area contributed by atoms with E-state index in [9.17, 15) is 9.59 Å². The van der Waals surface area contributed by atoms with Crippen molar-refractivity contribution in [2.45, 2.75) is 13.8 Å². The largest absolute Gasteiger partial charge is 0.352 e. The summed E-state index contributed by atoms with van der Waals surface area (Å²) in [6, 6.07) is 12.9. The summed E-state index contributed by atoms with van der Waals surface area (Å²) in [5.74, 6) is -0.275. The number of benzene rings is 2. The number of para-hydroxylation sites is 1. The lowest BCUT2D eigenvalue weighted by Gasteiger charge is -2.18. The molecule has 0 atom stereocenters. The molecule has 21 heavy (non-hydrogen) atoms. The van der Waals surface area contributed by atoms with Crippen LogP contribution >= 0.6 is 0 Å². The number of hydrogen-bond acceptors (Lipinski definition) is 3. The van der Waals surface area contributed by atoms with Gasteiger partial charge in [-0.15, -0.1) is 0 Å². The van der Waals surface area contributed by atoms with E-state index in [2.05, 4.69) is 5.32 Å². The van der Waals surface area contributed by atoms with E-state index < -0.39 is 0 Å². The van der Waals surface area contributed by atoms with Crippen LogP contribution in [0.2, 0.25) is 0 Å². The van der Waals surface area contributed by atoms with Gasteiger partial charge in [-0.2, -0.15) is 0 Å². The third-order valence-corrected chi connectivity index (χ3v) is 3.72.